The van der Waals surface area contributed by atoms with Crippen molar-refractivity contribution in [1.82, 2.24) is 0 Å². The standard InChI is InChI=1S/C22H20FN3O5S/c23-16-3-7-18(8-4-16)26-32(29,30)20-11-9-19(10-12-20)31-14-22(28)25-17-5-1-15(2-6-17)13-21(24)27/h1-12,26H,13-14H2,(H2,24,27)(H,25,28). The highest BCUT2D eigenvalue weighted by molar-refractivity contribution is 7.92. The molecule has 4 N–H and O–H groups in total. The molecule has 0 aliphatic rings. The van der Waals surface area contributed by atoms with E-state index in [1.807, 2.05) is 0 Å². The van der Waals surface area contributed by atoms with Crippen LogP contribution in [0, 0.1) is 5.82 Å². The number of primary amides is 1. The second-order valence-electron chi connectivity index (χ2n) is 6.76. The van der Waals surface area contributed by atoms with Gasteiger partial charge in [-0.1, -0.05) is 12.1 Å². The van der Waals surface area contributed by atoms with E-state index in [2.05, 4.69) is 10.0 Å². The SMILES string of the molecule is NC(=O)Cc1ccc(NC(=O)COc2ccc(S(=O)(=O)Nc3ccc(F)cc3)cc2)cc1. The molecule has 0 saturated carbocycles. The maximum absolute atomic E-state index is 13.0. The van der Waals surface area contributed by atoms with Gasteiger partial charge in [-0.2, -0.15) is 0 Å². The van der Waals surface area contributed by atoms with Crippen LogP contribution in [0.3, 0.4) is 0 Å². The van der Waals surface area contributed by atoms with Crippen LogP contribution in [-0.2, 0) is 26.0 Å². The van der Waals surface area contributed by atoms with E-state index in [1.54, 1.807) is 24.3 Å². The van der Waals surface area contributed by atoms with Crippen molar-refractivity contribution in [2.24, 2.45) is 5.73 Å². The molecule has 0 aromatic heterocycles. The first-order valence-corrected chi connectivity index (χ1v) is 10.9. The summed E-state index contributed by atoms with van der Waals surface area (Å²) in [6.07, 6.45) is 0.114. The van der Waals surface area contributed by atoms with Gasteiger partial charge in [0.15, 0.2) is 6.61 Å². The second kappa shape index (κ2) is 9.92. The molecule has 0 saturated heterocycles. The van der Waals surface area contributed by atoms with Crippen molar-refractivity contribution < 1.29 is 27.1 Å². The maximum atomic E-state index is 13.0. The van der Waals surface area contributed by atoms with E-state index in [9.17, 15) is 22.4 Å². The molecule has 10 heteroatoms. The summed E-state index contributed by atoms with van der Waals surface area (Å²) in [6, 6.07) is 17.1. The predicted molar refractivity (Wildman–Crippen MR) is 117 cm³/mol. The van der Waals surface area contributed by atoms with Crippen molar-refractivity contribution in [3.8, 4) is 5.75 Å². The lowest BCUT2D eigenvalue weighted by Crippen LogP contribution is -2.20. The van der Waals surface area contributed by atoms with Gasteiger partial charge >= 0.3 is 0 Å². The van der Waals surface area contributed by atoms with E-state index in [4.69, 9.17) is 10.5 Å². The molecule has 32 heavy (non-hydrogen) atoms. The molecular formula is C22H20FN3O5S. The first-order valence-electron chi connectivity index (χ1n) is 9.40. The highest BCUT2D eigenvalue weighted by atomic mass is 32.2. The van der Waals surface area contributed by atoms with Crippen molar-refractivity contribution in [3.63, 3.8) is 0 Å². The van der Waals surface area contributed by atoms with Crippen molar-refractivity contribution in [2.45, 2.75) is 11.3 Å². The minimum Gasteiger partial charge on any atom is -0.484 e. The van der Waals surface area contributed by atoms with Crippen LogP contribution < -0.4 is 20.5 Å². The first kappa shape index (κ1) is 22.8. The Morgan fingerprint density at radius 1 is 0.875 bits per heavy atom. The van der Waals surface area contributed by atoms with Gasteiger partial charge in [-0.3, -0.25) is 14.3 Å². The third-order valence-electron chi connectivity index (χ3n) is 4.22. The van der Waals surface area contributed by atoms with Crippen LogP contribution >= 0.6 is 0 Å². The van der Waals surface area contributed by atoms with E-state index in [-0.39, 0.29) is 23.6 Å². The quantitative estimate of drug-likeness (QED) is 0.455. The average molecular weight is 457 g/mol. The zero-order valence-electron chi connectivity index (χ0n) is 16.7. The summed E-state index contributed by atoms with van der Waals surface area (Å²) in [4.78, 5) is 22.9. The second-order valence-corrected chi connectivity index (χ2v) is 8.44. The highest BCUT2D eigenvalue weighted by Gasteiger charge is 2.14. The monoisotopic (exact) mass is 457 g/mol. The number of rotatable bonds is 9. The molecule has 0 aliphatic heterocycles. The predicted octanol–water partition coefficient (Wildman–Crippen LogP) is 2.67. The van der Waals surface area contributed by atoms with E-state index >= 15 is 0 Å². The number of benzene rings is 3. The summed E-state index contributed by atoms with van der Waals surface area (Å²) in [6.45, 7) is -0.289. The zero-order chi connectivity index (χ0) is 23.1. The van der Waals surface area contributed by atoms with Crippen molar-refractivity contribution in [3.05, 3.63) is 84.2 Å². The van der Waals surface area contributed by atoms with E-state index in [0.717, 1.165) is 17.7 Å². The molecule has 2 amide bonds. The van der Waals surface area contributed by atoms with Gasteiger partial charge in [-0.25, -0.2) is 12.8 Å². The topological polar surface area (TPSA) is 128 Å². The van der Waals surface area contributed by atoms with Gasteiger partial charge in [0.1, 0.15) is 11.6 Å². The van der Waals surface area contributed by atoms with Crippen LogP contribution in [0.4, 0.5) is 15.8 Å². The van der Waals surface area contributed by atoms with E-state index in [0.29, 0.717) is 11.4 Å². The Morgan fingerprint density at radius 2 is 1.47 bits per heavy atom. The summed E-state index contributed by atoms with van der Waals surface area (Å²) < 4.78 is 45.5. The number of carbonyl (C=O) groups excluding carboxylic acids is 2. The summed E-state index contributed by atoms with van der Waals surface area (Å²) in [5, 5.41) is 2.65. The number of hydrogen-bond donors (Lipinski definition) is 3. The van der Waals surface area contributed by atoms with Gasteiger partial charge in [-0.15, -0.1) is 0 Å². The van der Waals surface area contributed by atoms with Crippen molar-refractivity contribution in [1.29, 1.82) is 0 Å². The van der Waals surface area contributed by atoms with E-state index in [1.165, 1.54) is 36.4 Å². The third-order valence-corrected chi connectivity index (χ3v) is 5.61. The molecule has 0 heterocycles. The van der Waals surface area contributed by atoms with Gasteiger partial charge in [-0.05, 0) is 66.2 Å². The van der Waals surface area contributed by atoms with E-state index < -0.39 is 27.7 Å². The highest BCUT2D eigenvalue weighted by Crippen LogP contribution is 2.20. The number of sulfonamides is 1. The minimum absolute atomic E-state index is 0.0188. The number of carbonyl (C=O) groups is 2. The fourth-order valence-corrected chi connectivity index (χ4v) is 3.76. The van der Waals surface area contributed by atoms with Crippen LogP contribution in [0.25, 0.3) is 0 Å². The summed E-state index contributed by atoms with van der Waals surface area (Å²) in [5.74, 6) is -1.03. The molecule has 0 bridgehead atoms. The first-order chi connectivity index (χ1) is 15.2. The number of ether oxygens (including phenoxy) is 1. The number of nitrogens with one attached hydrogen (secondary N) is 2. The molecule has 8 nitrogen and oxygen atoms in total. The van der Waals surface area contributed by atoms with Crippen LogP contribution in [0.15, 0.2) is 77.7 Å². The third kappa shape index (κ3) is 6.54. The molecule has 166 valence electrons. The van der Waals surface area contributed by atoms with Crippen LogP contribution in [0.2, 0.25) is 0 Å². The van der Waals surface area contributed by atoms with Crippen LogP contribution in [0.1, 0.15) is 5.56 Å². The Morgan fingerprint density at radius 3 is 2.06 bits per heavy atom. The lowest BCUT2D eigenvalue weighted by molar-refractivity contribution is -0.118. The molecule has 0 radical (unpaired) electrons. The maximum Gasteiger partial charge on any atom is 0.262 e. The Hall–Kier alpha value is -3.92. The fourth-order valence-electron chi connectivity index (χ4n) is 2.70. The smallest absolute Gasteiger partial charge is 0.262 e. The number of nitrogens with two attached hydrogens (primary N) is 1. The number of hydrogen-bond acceptors (Lipinski definition) is 5. The largest absolute Gasteiger partial charge is 0.484 e. The van der Waals surface area contributed by atoms with Crippen LogP contribution in [0.5, 0.6) is 5.75 Å². The number of anilines is 2. The lowest BCUT2D eigenvalue weighted by Gasteiger charge is -2.10. The Kier molecular flexibility index (Phi) is 7.06. The molecule has 3 rings (SSSR count). The molecule has 0 spiro atoms. The molecule has 0 unspecified atom stereocenters. The zero-order valence-corrected chi connectivity index (χ0v) is 17.6. The van der Waals surface area contributed by atoms with Gasteiger partial charge in [0.05, 0.1) is 11.3 Å². The van der Waals surface area contributed by atoms with Gasteiger partial charge < -0.3 is 15.8 Å². The fraction of sp³-hybridized carbons (Fsp3) is 0.0909. The lowest BCUT2D eigenvalue weighted by atomic mass is 10.1. The minimum atomic E-state index is -3.86. The summed E-state index contributed by atoms with van der Waals surface area (Å²) in [7, 11) is -3.86. The molecule has 3 aromatic carbocycles. The Balaban J connectivity index is 1.53. The molecule has 0 atom stereocenters. The molecule has 3 aromatic rings. The van der Waals surface area contributed by atoms with Gasteiger partial charge in [0, 0.05) is 11.4 Å². The van der Waals surface area contributed by atoms with Crippen LogP contribution in [-0.4, -0.2) is 26.8 Å². The Bertz CT molecular complexity index is 1200. The Labute approximate surface area is 184 Å². The van der Waals surface area contributed by atoms with Gasteiger partial charge in [0.25, 0.3) is 15.9 Å². The summed E-state index contributed by atoms with van der Waals surface area (Å²) in [5.41, 5.74) is 6.62. The summed E-state index contributed by atoms with van der Waals surface area (Å²) >= 11 is 0. The number of halogens is 1. The van der Waals surface area contributed by atoms with Crippen molar-refractivity contribution >= 4 is 33.2 Å². The normalized spacial score (nSPS) is 10.9. The number of amides is 2. The average Bonchev–Trinajstić information content (AvgIpc) is 2.75. The molecule has 0 aliphatic carbocycles. The van der Waals surface area contributed by atoms with Gasteiger partial charge in [0.2, 0.25) is 5.91 Å². The molecular weight excluding hydrogens is 437 g/mol. The van der Waals surface area contributed by atoms with Crippen molar-refractivity contribution in [2.75, 3.05) is 16.6 Å². The molecule has 0 fully saturated rings.